The maximum absolute atomic E-state index is 12.9. The van der Waals surface area contributed by atoms with Crippen LogP contribution in [0.15, 0.2) is 41.3 Å². The predicted molar refractivity (Wildman–Crippen MR) is 121 cm³/mol. The van der Waals surface area contributed by atoms with Crippen LogP contribution in [0, 0.1) is 20.8 Å². The molecule has 3 rings (SSSR count). The number of ether oxygens (including phenoxy) is 1. The molecule has 0 atom stereocenters. The maximum atomic E-state index is 12.9. The minimum atomic E-state index is -3.51. The Morgan fingerprint density at radius 2 is 1.58 bits per heavy atom. The van der Waals surface area contributed by atoms with Gasteiger partial charge in [0.05, 0.1) is 12.0 Å². The number of piperazine rings is 1. The van der Waals surface area contributed by atoms with Gasteiger partial charge in [-0.2, -0.15) is 4.31 Å². The highest BCUT2D eigenvalue weighted by molar-refractivity contribution is 7.89. The van der Waals surface area contributed by atoms with Crippen molar-refractivity contribution in [3.63, 3.8) is 0 Å². The standard InChI is InChI=1S/C23H31N3O4S/c1-17-15-18(2)22(19(3)16-17)23(27)24-9-10-25-11-13-26(14-12-25)31(28,29)21-7-5-20(30-4)6-8-21/h5-8,15-16H,9-14H2,1-4H3,(H,24,27). The number of nitrogens with zero attached hydrogens (tertiary/aromatic N) is 2. The topological polar surface area (TPSA) is 79.0 Å². The molecule has 1 heterocycles. The lowest BCUT2D eigenvalue weighted by atomic mass is 9.99. The van der Waals surface area contributed by atoms with E-state index < -0.39 is 10.0 Å². The largest absolute Gasteiger partial charge is 0.497 e. The Morgan fingerprint density at radius 3 is 2.13 bits per heavy atom. The fourth-order valence-electron chi connectivity index (χ4n) is 4.04. The molecule has 0 saturated carbocycles. The third kappa shape index (κ3) is 5.44. The molecule has 1 aliphatic rings. The van der Waals surface area contributed by atoms with Gasteiger partial charge in [-0.25, -0.2) is 8.42 Å². The van der Waals surface area contributed by atoms with Gasteiger partial charge in [-0.15, -0.1) is 0 Å². The summed E-state index contributed by atoms with van der Waals surface area (Å²) in [6.07, 6.45) is 0. The van der Waals surface area contributed by atoms with Gasteiger partial charge >= 0.3 is 0 Å². The number of rotatable bonds is 7. The van der Waals surface area contributed by atoms with E-state index in [1.807, 2.05) is 32.9 Å². The van der Waals surface area contributed by atoms with Crippen LogP contribution in [0.5, 0.6) is 5.75 Å². The van der Waals surface area contributed by atoms with Crippen LogP contribution in [0.3, 0.4) is 0 Å². The monoisotopic (exact) mass is 445 g/mol. The zero-order chi connectivity index (χ0) is 22.6. The maximum Gasteiger partial charge on any atom is 0.251 e. The number of aryl methyl sites for hydroxylation is 3. The van der Waals surface area contributed by atoms with E-state index in [-0.39, 0.29) is 10.8 Å². The van der Waals surface area contributed by atoms with Gasteiger partial charge in [0.15, 0.2) is 0 Å². The van der Waals surface area contributed by atoms with E-state index in [2.05, 4.69) is 10.2 Å². The van der Waals surface area contributed by atoms with E-state index in [4.69, 9.17) is 4.74 Å². The van der Waals surface area contributed by atoms with Crippen LogP contribution in [-0.4, -0.2) is 69.9 Å². The van der Waals surface area contributed by atoms with Crippen molar-refractivity contribution < 1.29 is 17.9 Å². The van der Waals surface area contributed by atoms with Crippen molar-refractivity contribution in [1.82, 2.24) is 14.5 Å². The number of amides is 1. The number of methoxy groups -OCH3 is 1. The van der Waals surface area contributed by atoms with Gasteiger partial charge in [0, 0.05) is 44.8 Å². The number of carbonyl (C=O) groups is 1. The number of carbonyl (C=O) groups excluding carboxylic acids is 1. The lowest BCUT2D eigenvalue weighted by molar-refractivity contribution is 0.0944. The third-order valence-electron chi connectivity index (χ3n) is 5.65. The normalized spacial score (nSPS) is 15.6. The van der Waals surface area contributed by atoms with Gasteiger partial charge in [0.1, 0.15) is 5.75 Å². The first-order valence-corrected chi connectivity index (χ1v) is 11.9. The molecule has 168 valence electrons. The zero-order valence-electron chi connectivity index (χ0n) is 18.6. The molecule has 0 aromatic heterocycles. The molecule has 1 aliphatic heterocycles. The average Bonchev–Trinajstić information content (AvgIpc) is 2.73. The second-order valence-electron chi connectivity index (χ2n) is 7.95. The van der Waals surface area contributed by atoms with Crippen LogP contribution in [0.4, 0.5) is 0 Å². The first-order valence-electron chi connectivity index (χ1n) is 10.4. The van der Waals surface area contributed by atoms with Crippen LogP contribution in [0.25, 0.3) is 0 Å². The Labute approximate surface area is 185 Å². The lowest BCUT2D eigenvalue weighted by Crippen LogP contribution is -2.50. The number of hydrogen-bond acceptors (Lipinski definition) is 5. The lowest BCUT2D eigenvalue weighted by Gasteiger charge is -2.34. The number of nitrogens with one attached hydrogen (secondary N) is 1. The van der Waals surface area contributed by atoms with Gasteiger partial charge in [-0.3, -0.25) is 9.69 Å². The molecule has 7 nitrogen and oxygen atoms in total. The van der Waals surface area contributed by atoms with Gasteiger partial charge in [-0.1, -0.05) is 17.7 Å². The quantitative estimate of drug-likeness (QED) is 0.708. The summed E-state index contributed by atoms with van der Waals surface area (Å²) < 4.78 is 32.3. The summed E-state index contributed by atoms with van der Waals surface area (Å²) in [6.45, 7) is 9.27. The smallest absolute Gasteiger partial charge is 0.251 e. The summed E-state index contributed by atoms with van der Waals surface area (Å²) in [6, 6.07) is 10.5. The molecule has 1 fully saturated rings. The summed E-state index contributed by atoms with van der Waals surface area (Å²) in [4.78, 5) is 15.1. The Bertz CT molecular complexity index is 1000. The molecular weight excluding hydrogens is 414 g/mol. The van der Waals surface area contributed by atoms with E-state index in [0.717, 1.165) is 22.3 Å². The number of benzene rings is 2. The van der Waals surface area contributed by atoms with Crippen molar-refractivity contribution in [3.8, 4) is 5.75 Å². The SMILES string of the molecule is COc1ccc(S(=O)(=O)N2CCN(CCNC(=O)c3c(C)cc(C)cc3C)CC2)cc1. The van der Waals surface area contributed by atoms with Crippen molar-refractivity contribution >= 4 is 15.9 Å². The number of hydrogen-bond donors (Lipinski definition) is 1. The average molecular weight is 446 g/mol. The molecule has 2 aromatic carbocycles. The van der Waals surface area contributed by atoms with E-state index in [1.165, 1.54) is 4.31 Å². The molecule has 0 spiro atoms. The fraction of sp³-hybridized carbons (Fsp3) is 0.435. The van der Waals surface area contributed by atoms with Gasteiger partial charge in [-0.05, 0) is 56.2 Å². The predicted octanol–water partition coefficient (Wildman–Crippen LogP) is 2.36. The Kier molecular flexibility index (Phi) is 7.35. The summed E-state index contributed by atoms with van der Waals surface area (Å²) >= 11 is 0. The summed E-state index contributed by atoms with van der Waals surface area (Å²) in [5.74, 6) is 0.567. The molecule has 0 aliphatic carbocycles. The molecule has 0 bridgehead atoms. The second kappa shape index (κ2) is 9.80. The van der Waals surface area contributed by atoms with Crippen LogP contribution < -0.4 is 10.1 Å². The summed E-state index contributed by atoms with van der Waals surface area (Å²) in [7, 11) is -1.96. The molecular formula is C23H31N3O4S. The highest BCUT2D eigenvalue weighted by Crippen LogP contribution is 2.21. The van der Waals surface area contributed by atoms with Crippen LogP contribution in [-0.2, 0) is 10.0 Å². The Hall–Kier alpha value is -2.42. The first kappa shape index (κ1) is 23.2. The molecule has 1 amide bonds. The van der Waals surface area contributed by atoms with E-state index >= 15 is 0 Å². The van der Waals surface area contributed by atoms with E-state index in [1.54, 1.807) is 31.4 Å². The van der Waals surface area contributed by atoms with Crippen molar-refractivity contribution in [2.24, 2.45) is 0 Å². The molecule has 0 unspecified atom stereocenters. The van der Waals surface area contributed by atoms with Gasteiger partial charge in [0.25, 0.3) is 5.91 Å². The molecule has 2 aromatic rings. The highest BCUT2D eigenvalue weighted by Gasteiger charge is 2.28. The molecule has 0 radical (unpaired) electrons. The summed E-state index contributed by atoms with van der Waals surface area (Å²) in [5, 5.41) is 3.00. The van der Waals surface area contributed by atoms with Crippen LogP contribution >= 0.6 is 0 Å². The van der Waals surface area contributed by atoms with E-state index in [9.17, 15) is 13.2 Å². The highest BCUT2D eigenvalue weighted by atomic mass is 32.2. The zero-order valence-corrected chi connectivity index (χ0v) is 19.5. The molecule has 1 N–H and O–H groups in total. The molecule has 8 heteroatoms. The Morgan fingerprint density at radius 1 is 1.00 bits per heavy atom. The van der Waals surface area contributed by atoms with Crippen molar-refractivity contribution in [1.29, 1.82) is 0 Å². The number of sulfonamides is 1. The molecule has 31 heavy (non-hydrogen) atoms. The third-order valence-corrected chi connectivity index (χ3v) is 7.56. The minimum absolute atomic E-state index is 0.0595. The molecule has 1 saturated heterocycles. The van der Waals surface area contributed by atoms with Crippen LogP contribution in [0.1, 0.15) is 27.0 Å². The Balaban J connectivity index is 1.49. The van der Waals surface area contributed by atoms with E-state index in [0.29, 0.717) is 45.0 Å². The van der Waals surface area contributed by atoms with Crippen molar-refractivity contribution in [2.75, 3.05) is 46.4 Å². The summed E-state index contributed by atoms with van der Waals surface area (Å²) in [5.41, 5.74) is 3.84. The van der Waals surface area contributed by atoms with Gasteiger partial charge in [0.2, 0.25) is 10.0 Å². The second-order valence-corrected chi connectivity index (χ2v) is 9.89. The minimum Gasteiger partial charge on any atom is -0.497 e. The van der Waals surface area contributed by atoms with Crippen molar-refractivity contribution in [3.05, 3.63) is 58.7 Å². The fourth-order valence-corrected chi connectivity index (χ4v) is 5.47. The van der Waals surface area contributed by atoms with Gasteiger partial charge < -0.3 is 10.1 Å². The van der Waals surface area contributed by atoms with Crippen LogP contribution in [0.2, 0.25) is 0 Å². The van der Waals surface area contributed by atoms with Crippen molar-refractivity contribution in [2.45, 2.75) is 25.7 Å². The first-order chi connectivity index (χ1) is 14.7.